The molecule has 0 aliphatic heterocycles. The van der Waals surface area contributed by atoms with Gasteiger partial charge in [-0.05, 0) is 25.3 Å². The van der Waals surface area contributed by atoms with Gasteiger partial charge in [-0.15, -0.1) is 0 Å². The van der Waals surface area contributed by atoms with Gasteiger partial charge in [-0.3, -0.25) is 4.79 Å². The van der Waals surface area contributed by atoms with Gasteiger partial charge in [0.05, 0.1) is 18.6 Å². The van der Waals surface area contributed by atoms with Crippen LogP contribution in [0.4, 0.5) is 0 Å². The van der Waals surface area contributed by atoms with E-state index in [4.69, 9.17) is 9.15 Å². The summed E-state index contributed by atoms with van der Waals surface area (Å²) < 4.78 is 10.9. The van der Waals surface area contributed by atoms with Crippen LogP contribution in [0.25, 0.3) is 0 Å². The van der Waals surface area contributed by atoms with Crippen molar-refractivity contribution in [1.29, 1.82) is 0 Å². The molecule has 1 heterocycles. The molecule has 4 nitrogen and oxygen atoms in total. The molecular weight excluding hydrogens is 242 g/mol. The Bertz CT molecular complexity index is 369. The molecule has 0 spiro atoms. The maximum absolute atomic E-state index is 12.1. The van der Waals surface area contributed by atoms with E-state index < -0.39 is 0 Å². The van der Waals surface area contributed by atoms with Gasteiger partial charge in [0.25, 0.3) is 0 Å². The number of ether oxygens (including phenoxy) is 1. The van der Waals surface area contributed by atoms with Crippen molar-refractivity contribution in [1.82, 2.24) is 5.32 Å². The Morgan fingerprint density at radius 1 is 1.47 bits per heavy atom. The molecule has 0 saturated heterocycles. The van der Waals surface area contributed by atoms with Crippen molar-refractivity contribution in [2.24, 2.45) is 0 Å². The van der Waals surface area contributed by atoms with E-state index in [2.05, 4.69) is 5.32 Å². The van der Waals surface area contributed by atoms with Crippen molar-refractivity contribution in [3.63, 3.8) is 0 Å². The van der Waals surface area contributed by atoms with Gasteiger partial charge in [-0.25, -0.2) is 0 Å². The normalized spacial score (nSPS) is 18.2. The summed E-state index contributed by atoms with van der Waals surface area (Å²) in [6.07, 6.45) is 9.82. The summed E-state index contributed by atoms with van der Waals surface area (Å²) in [5.41, 5.74) is 0.973. The molecule has 106 valence electrons. The fourth-order valence-corrected chi connectivity index (χ4v) is 2.47. The molecule has 1 atom stereocenters. The van der Waals surface area contributed by atoms with E-state index >= 15 is 0 Å². The molecule has 0 bridgehead atoms. The Balaban J connectivity index is 1.77. The summed E-state index contributed by atoms with van der Waals surface area (Å²) in [5, 5.41) is 2.90. The fraction of sp³-hybridized carbons (Fsp3) is 0.667. The second-order valence-electron chi connectivity index (χ2n) is 5.14. The fourth-order valence-electron chi connectivity index (χ4n) is 2.47. The number of furan rings is 1. The molecule has 1 aliphatic rings. The van der Waals surface area contributed by atoms with Gasteiger partial charge in [-0.2, -0.15) is 0 Å². The largest absolute Gasteiger partial charge is 0.472 e. The lowest BCUT2D eigenvalue weighted by Gasteiger charge is -2.26. The Labute approximate surface area is 114 Å². The van der Waals surface area contributed by atoms with Crippen LogP contribution >= 0.6 is 0 Å². The quantitative estimate of drug-likeness (QED) is 0.860. The number of carbonyl (C=O) groups excluding carboxylic acids is 1. The maximum atomic E-state index is 12.1. The Kier molecular flexibility index (Phi) is 5.45. The molecule has 1 aromatic rings. The van der Waals surface area contributed by atoms with E-state index in [9.17, 15) is 4.79 Å². The van der Waals surface area contributed by atoms with Crippen LogP contribution in [0.1, 0.15) is 51.0 Å². The number of rotatable bonds is 6. The lowest BCUT2D eigenvalue weighted by atomic mass is 9.97. The summed E-state index contributed by atoms with van der Waals surface area (Å²) in [6.45, 7) is 2.49. The third-order valence-electron chi connectivity index (χ3n) is 3.62. The highest BCUT2D eigenvalue weighted by molar-refractivity contribution is 5.80. The van der Waals surface area contributed by atoms with Gasteiger partial charge < -0.3 is 14.5 Å². The van der Waals surface area contributed by atoms with Crippen LogP contribution in [0.2, 0.25) is 0 Å². The van der Waals surface area contributed by atoms with E-state index in [0.717, 1.165) is 18.4 Å². The summed E-state index contributed by atoms with van der Waals surface area (Å²) in [4.78, 5) is 12.1. The van der Waals surface area contributed by atoms with Crippen molar-refractivity contribution >= 4 is 5.91 Å². The zero-order valence-corrected chi connectivity index (χ0v) is 11.6. The van der Waals surface area contributed by atoms with Crippen LogP contribution in [-0.2, 0) is 16.1 Å². The summed E-state index contributed by atoms with van der Waals surface area (Å²) in [5.74, 6) is -0.0192. The van der Waals surface area contributed by atoms with E-state index in [1.807, 2.05) is 13.0 Å². The molecule has 1 aromatic heterocycles. The van der Waals surface area contributed by atoms with Crippen LogP contribution < -0.4 is 5.32 Å². The SMILES string of the molecule is CCC(OC1CCCCC1)C(=O)NCc1ccoc1. The predicted molar refractivity (Wildman–Crippen MR) is 72.6 cm³/mol. The Hall–Kier alpha value is -1.29. The van der Waals surface area contributed by atoms with Crippen molar-refractivity contribution in [2.45, 2.75) is 64.2 Å². The summed E-state index contributed by atoms with van der Waals surface area (Å²) in [7, 11) is 0. The third kappa shape index (κ3) is 4.39. The van der Waals surface area contributed by atoms with E-state index in [-0.39, 0.29) is 18.1 Å². The average molecular weight is 265 g/mol. The van der Waals surface area contributed by atoms with Crippen LogP contribution in [0, 0.1) is 0 Å². The third-order valence-corrected chi connectivity index (χ3v) is 3.62. The van der Waals surface area contributed by atoms with Gasteiger partial charge in [0.2, 0.25) is 5.91 Å². The second-order valence-corrected chi connectivity index (χ2v) is 5.14. The van der Waals surface area contributed by atoms with Gasteiger partial charge >= 0.3 is 0 Å². The molecule has 1 fully saturated rings. The number of hydrogen-bond donors (Lipinski definition) is 1. The standard InChI is InChI=1S/C15H23NO3/c1-2-14(19-13-6-4-3-5-7-13)15(17)16-10-12-8-9-18-11-12/h8-9,11,13-14H,2-7,10H2,1H3,(H,16,17). The summed E-state index contributed by atoms with van der Waals surface area (Å²) in [6, 6.07) is 1.85. The van der Waals surface area contributed by atoms with Crippen molar-refractivity contribution in [3.8, 4) is 0 Å². The minimum absolute atomic E-state index is 0.0192. The smallest absolute Gasteiger partial charge is 0.249 e. The lowest BCUT2D eigenvalue weighted by molar-refractivity contribution is -0.138. The molecule has 0 radical (unpaired) electrons. The van der Waals surface area contributed by atoms with Crippen LogP contribution in [-0.4, -0.2) is 18.1 Å². The molecule has 4 heteroatoms. The van der Waals surface area contributed by atoms with E-state index in [1.54, 1.807) is 12.5 Å². The van der Waals surface area contributed by atoms with Gasteiger partial charge in [0.15, 0.2) is 0 Å². The molecular formula is C15H23NO3. The lowest BCUT2D eigenvalue weighted by Crippen LogP contribution is -2.38. The predicted octanol–water partition coefficient (Wildman–Crippen LogP) is 3.02. The maximum Gasteiger partial charge on any atom is 0.249 e. The first-order valence-corrected chi connectivity index (χ1v) is 7.24. The summed E-state index contributed by atoms with van der Waals surface area (Å²) >= 11 is 0. The van der Waals surface area contributed by atoms with Crippen LogP contribution in [0.5, 0.6) is 0 Å². The molecule has 1 unspecified atom stereocenters. The zero-order valence-electron chi connectivity index (χ0n) is 11.6. The molecule has 1 saturated carbocycles. The number of nitrogens with one attached hydrogen (secondary N) is 1. The highest BCUT2D eigenvalue weighted by Crippen LogP contribution is 2.22. The van der Waals surface area contributed by atoms with Gasteiger partial charge in [-0.1, -0.05) is 26.2 Å². The van der Waals surface area contributed by atoms with Gasteiger partial charge in [0, 0.05) is 12.1 Å². The highest BCUT2D eigenvalue weighted by Gasteiger charge is 2.23. The first-order valence-electron chi connectivity index (χ1n) is 7.24. The monoisotopic (exact) mass is 265 g/mol. The molecule has 1 amide bonds. The van der Waals surface area contributed by atoms with Crippen molar-refractivity contribution in [3.05, 3.63) is 24.2 Å². The molecule has 1 aliphatic carbocycles. The topological polar surface area (TPSA) is 51.5 Å². The molecule has 2 rings (SSSR count). The van der Waals surface area contributed by atoms with E-state index in [1.165, 1.54) is 19.3 Å². The second kappa shape index (κ2) is 7.34. The van der Waals surface area contributed by atoms with Crippen LogP contribution in [0.3, 0.4) is 0 Å². The highest BCUT2D eigenvalue weighted by atomic mass is 16.5. The zero-order chi connectivity index (χ0) is 13.5. The number of hydrogen-bond acceptors (Lipinski definition) is 3. The number of carbonyl (C=O) groups is 1. The van der Waals surface area contributed by atoms with E-state index in [0.29, 0.717) is 13.0 Å². The minimum atomic E-state index is -0.324. The molecule has 1 N–H and O–H groups in total. The van der Waals surface area contributed by atoms with Gasteiger partial charge in [0.1, 0.15) is 6.10 Å². The first kappa shape index (κ1) is 14.1. The Morgan fingerprint density at radius 2 is 2.26 bits per heavy atom. The average Bonchev–Trinajstić information content (AvgIpc) is 2.96. The van der Waals surface area contributed by atoms with Crippen molar-refractivity contribution < 1.29 is 13.9 Å². The minimum Gasteiger partial charge on any atom is -0.472 e. The molecule has 0 aromatic carbocycles. The Morgan fingerprint density at radius 3 is 2.89 bits per heavy atom. The van der Waals surface area contributed by atoms with Crippen molar-refractivity contribution in [2.75, 3.05) is 0 Å². The molecule has 19 heavy (non-hydrogen) atoms. The van der Waals surface area contributed by atoms with Crippen LogP contribution in [0.15, 0.2) is 23.0 Å². The first-order chi connectivity index (χ1) is 9.29. The number of amides is 1.